The van der Waals surface area contributed by atoms with Crippen LogP contribution < -0.4 is 4.90 Å². The lowest BCUT2D eigenvalue weighted by Crippen LogP contribution is -2.36. The lowest BCUT2D eigenvalue weighted by Gasteiger charge is -2.32. The minimum absolute atomic E-state index is 0.0135. The zero-order chi connectivity index (χ0) is 17.1. The van der Waals surface area contributed by atoms with Gasteiger partial charge in [0, 0.05) is 35.7 Å². The van der Waals surface area contributed by atoms with Gasteiger partial charge in [-0.1, -0.05) is 11.6 Å². The number of pyridine rings is 1. The summed E-state index contributed by atoms with van der Waals surface area (Å²) in [6.07, 6.45) is 2.74. The van der Waals surface area contributed by atoms with Crippen LogP contribution in [0.5, 0.6) is 0 Å². The fourth-order valence-electron chi connectivity index (χ4n) is 2.89. The van der Waals surface area contributed by atoms with Gasteiger partial charge in [0.1, 0.15) is 12.0 Å². The van der Waals surface area contributed by atoms with Crippen molar-refractivity contribution >= 4 is 28.9 Å². The van der Waals surface area contributed by atoms with Gasteiger partial charge in [0.05, 0.1) is 4.92 Å². The van der Waals surface area contributed by atoms with Crippen molar-refractivity contribution in [3.63, 3.8) is 0 Å². The van der Waals surface area contributed by atoms with Gasteiger partial charge in [-0.25, -0.2) is 4.98 Å². The maximum atomic E-state index is 12.5. The number of nitro groups is 1. The SMILES string of the molecule is O=C(c1ccc(Cl)cc1)C1CCN(c2ccc([N+](=O)[O-])cn2)CC1. The highest BCUT2D eigenvalue weighted by molar-refractivity contribution is 6.30. The van der Waals surface area contributed by atoms with E-state index in [9.17, 15) is 14.9 Å². The van der Waals surface area contributed by atoms with Crippen molar-refractivity contribution in [3.05, 3.63) is 63.3 Å². The van der Waals surface area contributed by atoms with E-state index in [-0.39, 0.29) is 17.4 Å². The molecular formula is C17H16ClN3O3. The van der Waals surface area contributed by atoms with Crippen molar-refractivity contribution < 1.29 is 9.72 Å². The first kappa shape index (κ1) is 16.4. The monoisotopic (exact) mass is 345 g/mol. The third kappa shape index (κ3) is 3.54. The highest BCUT2D eigenvalue weighted by atomic mass is 35.5. The number of hydrogen-bond donors (Lipinski definition) is 0. The van der Waals surface area contributed by atoms with Crippen LogP contribution in [0.15, 0.2) is 42.6 Å². The van der Waals surface area contributed by atoms with Gasteiger partial charge in [-0.05, 0) is 43.2 Å². The Hall–Kier alpha value is -2.47. The van der Waals surface area contributed by atoms with Crippen LogP contribution in [0.25, 0.3) is 0 Å². The van der Waals surface area contributed by atoms with E-state index in [2.05, 4.69) is 9.88 Å². The normalized spacial score (nSPS) is 15.3. The molecule has 0 N–H and O–H groups in total. The Bertz CT molecular complexity index is 739. The van der Waals surface area contributed by atoms with Crippen LogP contribution in [0.1, 0.15) is 23.2 Å². The fourth-order valence-corrected chi connectivity index (χ4v) is 3.02. The quantitative estimate of drug-likeness (QED) is 0.479. The molecule has 0 bridgehead atoms. The number of Topliss-reactive ketones (excluding diaryl/α,β-unsaturated/α-hetero) is 1. The summed E-state index contributed by atoms with van der Waals surface area (Å²) in [4.78, 5) is 28.9. The lowest BCUT2D eigenvalue weighted by molar-refractivity contribution is -0.385. The molecule has 0 radical (unpaired) electrons. The summed E-state index contributed by atoms with van der Waals surface area (Å²) < 4.78 is 0. The fraction of sp³-hybridized carbons (Fsp3) is 0.294. The molecule has 124 valence electrons. The number of nitrogens with zero attached hydrogens (tertiary/aromatic N) is 3. The predicted octanol–water partition coefficient (Wildman–Crippen LogP) is 3.74. The molecule has 24 heavy (non-hydrogen) atoms. The molecule has 1 aromatic carbocycles. The minimum Gasteiger partial charge on any atom is -0.357 e. The molecule has 6 nitrogen and oxygen atoms in total. The van der Waals surface area contributed by atoms with Gasteiger partial charge in [0.15, 0.2) is 5.78 Å². The van der Waals surface area contributed by atoms with Crippen molar-refractivity contribution in [2.75, 3.05) is 18.0 Å². The molecule has 0 atom stereocenters. The number of carbonyl (C=O) groups excluding carboxylic acids is 1. The van der Waals surface area contributed by atoms with Crippen LogP contribution in [0.3, 0.4) is 0 Å². The highest BCUT2D eigenvalue weighted by Gasteiger charge is 2.26. The Morgan fingerprint density at radius 1 is 1.17 bits per heavy atom. The van der Waals surface area contributed by atoms with E-state index in [1.165, 1.54) is 12.3 Å². The molecular weight excluding hydrogens is 330 g/mol. The Morgan fingerprint density at radius 3 is 2.38 bits per heavy atom. The lowest BCUT2D eigenvalue weighted by atomic mass is 9.89. The molecule has 1 aromatic heterocycles. The summed E-state index contributed by atoms with van der Waals surface area (Å²) in [6, 6.07) is 10.1. The van der Waals surface area contributed by atoms with E-state index >= 15 is 0 Å². The minimum atomic E-state index is -0.464. The molecule has 0 saturated carbocycles. The van der Waals surface area contributed by atoms with E-state index in [0.717, 1.165) is 12.8 Å². The Labute approximate surface area is 144 Å². The zero-order valence-corrected chi connectivity index (χ0v) is 13.6. The third-order valence-electron chi connectivity index (χ3n) is 4.26. The number of carbonyl (C=O) groups is 1. The number of rotatable bonds is 4. The highest BCUT2D eigenvalue weighted by Crippen LogP contribution is 2.26. The number of piperidine rings is 1. The average Bonchev–Trinajstić information content (AvgIpc) is 2.62. The van der Waals surface area contributed by atoms with Crippen molar-refractivity contribution in [3.8, 4) is 0 Å². The number of hydrogen-bond acceptors (Lipinski definition) is 5. The third-order valence-corrected chi connectivity index (χ3v) is 4.51. The standard InChI is InChI=1S/C17H16ClN3O3/c18-14-3-1-12(2-4-14)17(22)13-7-9-20(10-8-13)16-6-5-15(11-19-16)21(23)24/h1-6,11,13H,7-10H2. The van der Waals surface area contributed by atoms with Crippen LogP contribution in [-0.4, -0.2) is 28.8 Å². The smallest absolute Gasteiger partial charge is 0.287 e. The van der Waals surface area contributed by atoms with Crippen LogP contribution in [0, 0.1) is 16.0 Å². The van der Waals surface area contributed by atoms with E-state index in [0.29, 0.717) is 29.5 Å². The molecule has 0 unspecified atom stereocenters. The molecule has 0 aliphatic carbocycles. The summed E-state index contributed by atoms with van der Waals surface area (Å²) in [5, 5.41) is 11.3. The predicted molar refractivity (Wildman–Crippen MR) is 91.6 cm³/mol. The van der Waals surface area contributed by atoms with Gasteiger partial charge in [0.2, 0.25) is 0 Å². The van der Waals surface area contributed by atoms with Gasteiger partial charge < -0.3 is 4.90 Å². The van der Waals surface area contributed by atoms with Gasteiger partial charge in [-0.2, -0.15) is 0 Å². The van der Waals surface area contributed by atoms with Crippen LogP contribution in [0.2, 0.25) is 5.02 Å². The summed E-state index contributed by atoms with van der Waals surface area (Å²) in [7, 11) is 0. The summed E-state index contributed by atoms with van der Waals surface area (Å²) in [5.41, 5.74) is 0.665. The first-order valence-electron chi connectivity index (χ1n) is 7.70. The van der Waals surface area contributed by atoms with Gasteiger partial charge in [0.25, 0.3) is 5.69 Å². The van der Waals surface area contributed by atoms with Crippen molar-refractivity contribution in [2.24, 2.45) is 5.92 Å². The first-order valence-corrected chi connectivity index (χ1v) is 8.07. The van der Waals surface area contributed by atoms with Gasteiger partial charge >= 0.3 is 0 Å². The zero-order valence-electron chi connectivity index (χ0n) is 12.9. The second-order valence-electron chi connectivity index (χ2n) is 5.76. The van der Waals surface area contributed by atoms with Crippen LogP contribution in [-0.2, 0) is 0 Å². The second-order valence-corrected chi connectivity index (χ2v) is 6.20. The van der Waals surface area contributed by atoms with Crippen molar-refractivity contribution in [1.29, 1.82) is 0 Å². The van der Waals surface area contributed by atoms with E-state index in [1.807, 2.05) is 0 Å². The number of aromatic nitrogens is 1. The summed E-state index contributed by atoms with van der Waals surface area (Å²) >= 11 is 5.85. The van der Waals surface area contributed by atoms with Gasteiger partial charge in [-0.3, -0.25) is 14.9 Å². The molecule has 7 heteroatoms. The number of ketones is 1. The van der Waals surface area contributed by atoms with E-state index in [4.69, 9.17) is 11.6 Å². The summed E-state index contributed by atoms with van der Waals surface area (Å²) in [6.45, 7) is 1.41. The van der Waals surface area contributed by atoms with Crippen LogP contribution >= 0.6 is 11.6 Å². The van der Waals surface area contributed by atoms with E-state index in [1.54, 1.807) is 30.3 Å². The number of anilines is 1. The number of halogens is 1. The van der Waals surface area contributed by atoms with E-state index < -0.39 is 4.92 Å². The average molecular weight is 346 g/mol. The van der Waals surface area contributed by atoms with Crippen molar-refractivity contribution in [1.82, 2.24) is 4.98 Å². The van der Waals surface area contributed by atoms with Crippen LogP contribution in [0.4, 0.5) is 11.5 Å². The van der Waals surface area contributed by atoms with Gasteiger partial charge in [-0.15, -0.1) is 0 Å². The maximum absolute atomic E-state index is 12.5. The molecule has 3 rings (SSSR count). The van der Waals surface area contributed by atoms with Crippen molar-refractivity contribution in [2.45, 2.75) is 12.8 Å². The molecule has 1 saturated heterocycles. The molecule has 2 aromatic rings. The Balaban J connectivity index is 1.62. The molecule has 1 aliphatic heterocycles. The molecule has 2 heterocycles. The second kappa shape index (κ2) is 6.97. The summed E-state index contributed by atoms with van der Waals surface area (Å²) in [5.74, 6) is 0.835. The number of benzene rings is 1. The molecule has 1 aliphatic rings. The maximum Gasteiger partial charge on any atom is 0.287 e. The molecule has 0 amide bonds. The molecule has 0 spiro atoms. The largest absolute Gasteiger partial charge is 0.357 e. The Kier molecular flexibility index (Phi) is 4.76. The first-order chi connectivity index (χ1) is 11.5. The topological polar surface area (TPSA) is 76.3 Å². The Morgan fingerprint density at radius 2 is 1.83 bits per heavy atom. The molecule has 1 fully saturated rings.